The lowest BCUT2D eigenvalue weighted by atomic mass is 9.74. The number of ether oxygens (including phenoxy) is 1. The standard InChI is InChI=1S/C14H20O2.2C10H6O2.C7H6O3.C7H6O2/c1-13(2,3)9-7-10(14(4,5)6)12(16)11(15)8-9;11-9-5-7-3-1-2-4-8(7)6-10(9)12;11-9-6-5-7-3-1-2-4-8(7)10(9)12;1-10-6-4-2-3-5(8)7(6)9;1-5-2-3-6(8)7(9)4-5/h7-8H,1-6H3;2*1-6H;2-4H,1H3;2-4H,1H3. The lowest BCUT2D eigenvalue weighted by molar-refractivity contribution is -0.133. The Morgan fingerprint density at radius 2 is 0.983 bits per heavy atom. The van der Waals surface area contributed by atoms with Crippen molar-refractivity contribution >= 4 is 76.1 Å². The van der Waals surface area contributed by atoms with Gasteiger partial charge in [0.25, 0.3) is 5.78 Å². The summed E-state index contributed by atoms with van der Waals surface area (Å²) in [5.74, 6) is -4.32. The molecule has 0 N–H and O–H groups in total. The molecule has 0 unspecified atom stereocenters. The molecule has 0 fully saturated rings. The first-order valence-corrected chi connectivity index (χ1v) is 18.3. The molecule has 0 heterocycles. The summed E-state index contributed by atoms with van der Waals surface area (Å²) in [7, 11) is 1.36. The van der Waals surface area contributed by atoms with Gasteiger partial charge in [-0.2, -0.15) is 0 Å². The number of benzene rings is 2. The van der Waals surface area contributed by atoms with E-state index in [1.807, 2.05) is 84.0 Å². The third kappa shape index (κ3) is 12.9. The van der Waals surface area contributed by atoms with E-state index >= 15 is 0 Å². The zero-order valence-electron chi connectivity index (χ0n) is 34.0. The number of hydrogen-bond acceptors (Lipinski definition) is 11. The van der Waals surface area contributed by atoms with Crippen LogP contribution in [0.2, 0.25) is 0 Å². The average molecular weight is 797 g/mol. The van der Waals surface area contributed by atoms with Crippen LogP contribution in [0, 0.1) is 10.8 Å². The Balaban J connectivity index is 0.000000200. The minimum Gasteiger partial charge on any atom is -0.493 e. The minimum absolute atomic E-state index is 0.104. The van der Waals surface area contributed by atoms with E-state index in [9.17, 15) is 47.9 Å². The van der Waals surface area contributed by atoms with Gasteiger partial charge in [0.15, 0.2) is 5.76 Å². The maximum atomic E-state index is 11.8. The third-order valence-corrected chi connectivity index (χ3v) is 8.65. The number of rotatable bonds is 1. The monoisotopic (exact) mass is 796 g/mol. The van der Waals surface area contributed by atoms with E-state index in [0.717, 1.165) is 27.1 Å². The van der Waals surface area contributed by atoms with Crippen LogP contribution in [0.15, 0.2) is 126 Å². The van der Waals surface area contributed by atoms with E-state index in [0.29, 0.717) is 11.1 Å². The Labute approximate surface area is 341 Å². The van der Waals surface area contributed by atoms with E-state index < -0.39 is 52.0 Å². The SMILES string of the molecule is CC(C)(C)C1=CC(=O)C(=O)C(C(C)(C)C)=C1.CC1=CC(=O)C(=O)C=C1.COC1=CC=CC(=O)C1=O.O=C1C=Cc2ccccc2C1=O.O=C1C=c2ccccc2=CC1=O. The van der Waals surface area contributed by atoms with Crippen molar-refractivity contribution in [3.05, 3.63) is 147 Å². The molecule has 0 bridgehead atoms. The molecule has 0 aliphatic heterocycles. The lowest BCUT2D eigenvalue weighted by Gasteiger charge is -2.28. The molecule has 11 nitrogen and oxygen atoms in total. The van der Waals surface area contributed by atoms with Gasteiger partial charge in [0.05, 0.1) is 7.11 Å². The molecular weight excluding hydrogens is 753 g/mol. The van der Waals surface area contributed by atoms with Crippen LogP contribution in [0.5, 0.6) is 0 Å². The van der Waals surface area contributed by atoms with Crippen LogP contribution < -0.4 is 10.4 Å². The molecule has 0 atom stereocenters. The van der Waals surface area contributed by atoms with Gasteiger partial charge in [-0.05, 0) is 93.5 Å². The first-order chi connectivity index (χ1) is 27.5. The van der Waals surface area contributed by atoms with Crippen LogP contribution in [0.1, 0.15) is 64.4 Å². The van der Waals surface area contributed by atoms with Crippen molar-refractivity contribution in [3.63, 3.8) is 0 Å². The Morgan fingerprint density at radius 3 is 1.49 bits per heavy atom. The molecule has 11 heteroatoms. The van der Waals surface area contributed by atoms with Crippen molar-refractivity contribution < 1.29 is 52.7 Å². The zero-order valence-corrected chi connectivity index (χ0v) is 34.0. The molecule has 7 rings (SSSR count). The molecule has 59 heavy (non-hydrogen) atoms. The minimum atomic E-state index is -0.579. The molecule has 302 valence electrons. The van der Waals surface area contributed by atoms with Crippen molar-refractivity contribution in [2.45, 2.75) is 48.5 Å². The first kappa shape index (κ1) is 46.2. The molecular formula is C48H44O11. The van der Waals surface area contributed by atoms with E-state index in [1.165, 1.54) is 61.8 Å². The zero-order chi connectivity index (χ0) is 44.2. The van der Waals surface area contributed by atoms with E-state index in [-0.39, 0.29) is 22.4 Å². The maximum Gasteiger partial charge on any atom is 0.267 e. The molecule has 0 spiro atoms. The Hall–Kier alpha value is -7.14. The second-order valence-electron chi connectivity index (χ2n) is 15.3. The number of methoxy groups -OCH3 is 1. The van der Waals surface area contributed by atoms with Gasteiger partial charge in [0, 0.05) is 11.1 Å². The van der Waals surface area contributed by atoms with Crippen LogP contribution in [-0.2, 0) is 47.9 Å². The molecule has 0 aromatic heterocycles. The third-order valence-electron chi connectivity index (χ3n) is 8.65. The van der Waals surface area contributed by atoms with E-state index in [4.69, 9.17) is 0 Å². The fourth-order valence-corrected chi connectivity index (χ4v) is 5.29. The summed E-state index contributed by atoms with van der Waals surface area (Å²) in [6, 6.07) is 14.4. The topological polar surface area (TPSA) is 180 Å². The van der Waals surface area contributed by atoms with Gasteiger partial charge >= 0.3 is 0 Å². The largest absolute Gasteiger partial charge is 0.493 e. The van der Waals surface area contributed by atoms with Crippen molar-refractivity contribution in [3.8, 4) is 0 Å². The van der Waals surface area contributed by atoms with Crippen LogP contribution in [-0.4, -0.2) is 64.9 Å². The van der Waals surface area contributed by atoms with Gasteiger partial charge in [-0.1, -0.05) is 114 Å². The lowest BCUT2D eigenvalue weighted by Crippen LogP contribution is -2.32. The molecule has 0 amide bonds. The van der Waals surface area contributed by atoms with Gasteiger partial charge < -0.3 is 4.74 Å². The van der Waals surface area contributed by atoms with Crippen LogP contribution in [0.25, 0.3) is 18.2 Å². The normalized spacial score (nSPS) is 16.6. The fraction of sp³-hybridized carbons (Fsp3) is 0.208. The number of fused-ring (bicyclic) bond motifs is 2. The highest BCUT2D eigenvalue weighted by Crippen LogP contribution is 2.35. The van der Waals surface area contributed by atoms with E-state index in [2.05, 4.69) is 4.74 Å². The fourth-order valence-electron chi connectivity index (χ4n) is 5.29. The van der Waals surface area contributed by atoms with Crippen molar-refractivity contribution in [2.75, 3.05) is 7.11 Å². The number of ketones is 10. The number of Topliss-reactive ketones (excluding diaryl/α,β-unsaturated/α-hetero) is 5. The second-order valence-corrected chi connectivity index (χ2v) is 15.3. The Bertz CT molecular complexity index is 2470. The summed E-state index contributed by atoms with van der Waals surface area (Å²) in [5, 5.41) is 1.64. The molecule has 2 aromatic carbocycles. The Kier molecular flexibility index (Phi) is 15.5. The second kappa shape index (κ2) is 19.8. The van der Waals surface area contributed by atoms with Gasteiger partial charge in [-0.15, -0.1) is 0 Å². The molecule has 5 aliphatic carbocycles. The van der Waals surface area contributed by atoms with Gasteiger partial charge in [-0.3, -0.25) is 47.9 Å². The summed E-state index contributed by atoms with van der Waals surface area (Å²) in [4.78, 5) is 110. The van der Waals surface area contributed by atoms with Crippen LogP contribution >= 0.6 is 0 Å². The average Bonchev–Trinajstić information content (AvgIpc) is 3.17. The number of allylic oxidation sites excluding steroid dienone is 13. The van der Waals surface area contributed by atoms with E-state index in [1.54, 1.807) is 31.2 Å². The number of carbonyl (C=O) groups excluding carboxylic acids is 10. The Morgan fingerprint density at radius 1 is 0.458 bits per heavy atom. The molecule has 0 saturated heterocycles. The summed E-state index contributed by atoms with van der Waals surface area (Å²) >= 11 is 0. The summed E-state index contributed by atoms with van der Waals surface area (Å²) < 4.78 is 4.61. The van der Waals surface area contributed by atoms with Crippen molar-refractivity contribution in [1.82, 2.24) is 0 Å². The highest BCUT2D eigenvalue weighted by atomic mass is 16.5. The van der Waals surface area contributed by atoms with Crippen LogP contribution in [0.3, 0.4) is 0 Å². The molecule has 0 saturated carbocycles. The number of hydrogen-bond donors (Lipinski definition) is 0. The van der Waals surface area contributed by atoms with Gasteiger partial charge in [0.2, 0.25) is 52.0 Å². The smallest absolute Gasteiger partial charge is 0.267 e. The highest BCUT2D eigenvalue weighted by molar-refractivity contribution is 6.57. The van der Waals surface area contributed by atoms with Crippen molar-refractivity contribution in [2.24, 2.45) is 10.8 Å². The quantitative estimate of drug-likeness (QED) is 0.286. The summed E-state index contributed by atoms with van der Waals surface area (Å²) in [5.41, 5.74) is 3.32. The van der Waals surface area contributed by atoms with Gasteiger partial charge in [0.1, 0.15) is 0 Å². The predicted octanol–water partition coefficient (Wildman–Crippen LogP) is 4.81. The highest BCUT2D eigenvalue weighted by Gasteiger charge is 2.33. The van der Waals surface area contributed by atoms with Crippen LogP contribution in [0.4, 0.5) is 0 Å². The molecule has 2 aromatic rings. The first-order valence-electron chi connectivity index (χ1n) is 18.3. The predicted molar refractivity (Wildman–Crippen MR) is 222 cm³/mol. The summed E-state index contributed by atoms with van der Waals surface area (Å²) in [6.45, 7) is 13.8. The maximum absolute atomic E-state index is 11.8. The molecule has 0 radical (unpaired) electrons. The number of carbonyl (C=O) groups is 10. The van der Waals surface area contributed by atoms with Gasteiger partial charge in [-0.25, -0.2) is 0 Å². The van der Waals surface area contributed by atoms with Crippen molar-refractivity contribution in [1.29, 1.82) is 0 Å². The molecule has 5 aliphatic rings. The summed E-state index contributed by atoms with van der Waals surface area (Å²) in [6.07, 6.45) is 17.5.